The first-order chi connectivity index (χ1) is 29.2. The second-order valence-electron chi connectivity index (χ2n) is 15.8. The van der Waals surface area contributed by atoms with Gasteiger partial charge in [0.05, 0.1) is 5.69 Å². The van der Waals surface area contributed by atoms with Crippen LogP contribution in [0.5, 0.6) is 5.75 Å². The number of hydrogen-bond donors (Lipinski definition) is 3. The predicted molar refractivity (Wildman–Crippen MR) is 243 cm³/mol. The van der Waals surface area contributed by atoms with E-state index in [-0.39, 0.29) is 24.5 Å². The first-order valence-electron chi connectivity index (χ1n) is 20.8. The molecule has 7 aromatic carbocycles. The number of ether oxygens (including phenoxy) is 1. The van der Waals surface area contributed by atoms with Crippen LogP contribution in [0.2, 0.25) is 0 Å². The highest BCUT2D eigenvalue weighted by molar-refractivity contribution is 6.10. The number of benzene rings is 7. The Morgan fingerprint density at radius 3 is 2.03 bits per heavy atom. The number of anilines is 1. The van der Waals surface area contributed by atoms with Crippen molar-refractivity contribution in [3.05, 3.63) is 210 Å². The lowest BCUT2D eigenvalue weighted by molar-refractivity contribution is 0.260. The maximum absolute atomic E-state index is 6.36. The Hall–Kier alpha value is -6.95. The summed E-state index contributed by atoms with van der Waals surface area (Å²) in [4.78, 5) is 5.17. The summed E-state index contributed by atoms with van der Waals surface area (Å²) in [7, 11) is 0. The summed E-state index contributed by atoms with van der Waals surface area (Å²) in [5, 5.41) is 13.8. The SMILES string of the molecule is C1=CCC(C2=NC(c3ccccc3)NC(c3ccc(-c4c5c(c(-c6ccc(-c7cccc8c7NC(c7ccccc7)O8)cc6)c6ccccc46)C=CCC5)cc3)N2)C=C1. The molecule has 59 heavy (non-hydrogen) atoms. The minimum absolute atomic E-state index is 0.0782. The molecule has 0 amide bonds. The van der Waals surface area contributed by atoms with Gasteiger partial charge in [0, 0.05) is 17.0 Å². The Balaban J connectivity index is 0.932. The zero-order chi connectivity index (χ0) is 39.1. The standard InChI is InChI=1S/C54H44N4O/c1-4-15-38(16-5-1)51-56-52(39-17-6-2-7-18-39)58-53(57-51)40-33-31-37(32-34-40)49-45-23-12-10-21-43(45)48(44-22-11-13-24-46(44)49)36-29-27-35(28-30-36)42-25-14-26-47-50(42)55-54(59-47)41-19-8-3-9-20-41/h1-12,14-17,19-23,25-34,39,51,53-55,57H,13,18,24H2,(H,56,58). The quantitative estimate of drug-likeness (QED) is 0.151. The Labute approximate surface area is 345 Å². The molecule has 0 spiro atoms. The molecule has 3 N–H and O–H groups in total. The Bertz CT molecular complexity index is 2800. The summed E-state index contributed by atoms with van der Waals surface area (Å²) in [5.41, 5.74) is 14.6. The highest BCUT2D eigenvalue weighted by atomic mass is 16.5. The molecule has 2 aliphatic heterocycles. The molecule has 0 fully saturated rings. The van der Waals surface area contributed by atoms with Gasteiger partial charge in [0.2, 0.25) is 0 Å². The molecule has 0 saturated carbocycles. The average Bonchev–Trinajstić information content (AvgIpc) is 3.77. The lowest BCUT2D eigenvalue weighted by Gasteiger charge is -2.34. The number of hydrogen-bond acceptors (Lipinski definition) is 5. The molecule has 0 bridgehead atoms. The van der Waals surface area contributed by atoms with Crippen molar-refractivity contribution in [3.8, 4) is 39.1 Å². The molecular formula is C54H44N4O. The highest BCUT2D eigenvalue weighted by Crippen LogP contribution is 2.47. The van der Waals surface area contributed by atoms with Crippen molar-refractivity contribution in [2.45, 2.75) is 37.8 Å². The van der Waals surface area contributed by atoms with Gasteiger partial charge < -0.3 is 15.4 Å². The third-order valence-corrected chi connectivity index (χ3v) is 12.2. The molecule has 2 heterocycles. The molecule has 2 aliphatic carbocycles. The molecular weight excluding hydrogens is 721 g/mol. The second-order valence-corrected chi connectivity index (χ2v) is 15.8. The smallest absolute Gasteiger partial charge is 0.196 e. The lowest BCUT2D eigenvalue weighted by atomic mass is 9.80. The first-order valence-corrected chi connectivity index (χ1v) is 20.8. The molecule has 4 unspecified atom stereocenters. The van der Waals surface area contributed by atoms with Gasteiger partial charge in [-0.15, -0.1) is 0 Å². The van der Waals surface area contributed by atoms with E-state index in [0.717, 1.165) is 58.8 Å². The van der Waals surface area contributed by atoms with Crippen molar-refractivity contribution >= 4 is 28.4 Å². The van der Waals surface area contributed by atoms with E-state index in [4.69, 9.17) is 9.73 Å². The van der Waals surface area contributed by atoms with Gasteiger partial charge in [-0.2, -0.15) is 0 Å². The van der Waals surface area contributed by atoms with E-state index in [0.29, 0.717) is 0 Å². The van der Waals surface area contributed by atoms with Crippen molar-refractivity contribution in [2.24, 2.45) is 10.9 Å². The van der Waals surface area contributed by atoms with Gasteiger partial charge in [0.1, 0.15) is 23.9 Å². The van der Waals surface area contributed by atoms with E-state index in [1.54, 1.807) is 0 Å². The molecule has 0 saturated heterocycles. The van der Waals surface area contributed by atoms with Crippen LogP contribution in [0.15, 0.2) is 187 Å². The summed E-state index contributed by atoms with van der Waals surface area (Å²) >= 11 is 0. The maximum Gasteiger partial charge on any atom is 0.196 e. The number of nitrogens with zero attached hydrogens (tertiary/aromatic N) is 1. The normalized spacial score (nSPS) is 20.2. The number of allylic oxidation sites excluding steroid dienone is 4. The van der Waals surface area contributed by atoms with E-state index < -0.39 is 0 Å². The Morgan fingerprint density at radius 1 is 0.576 bits per heavy atom. The summed E-state index contributed by atoms with van der Waals surface area (Å²) in [6.45, 7) is 0. The topological polar surface area (TPSA) is 57.7 Å². The maximum atomic E-state index is 6.36. The number of nitrogens with one attached hydrogen (secondary N) is 3. The molecule has 5 nitrogen and oxygen atoms in total. The third kappa shape index (κ3) is 6.54. The van der Waals surface area contributed by atoms with Gasteiger partial charge in [0.25, 0.3) is 0 Å². The Kier molecular flexibility index (Phi) is 9.01. The van der Waals surface area contributed by atoms with E-state index in [1.807, 2.05) is 12.1 Å². The van der Waals surface area contributed by atoms with E-state index in [1.165, 1.54) is 49.7 Å². The number of rotatable bonds is 7. The molecule has 7 aromatic rings. The van der Waals surface area contributed by atoms with E-state index in [9.17, 15) is 0 Å². The van der Waals surface area contributed by atoms with Gasteiger partial charge in [-0.25, -0.2) is 4.99 Å². The van der Waals surface area contributed by atoms with Crippen molar-refractivity contribution < 1.29 is 4.74 Å². The van der Waals surface area contributed by atoms with Crippen LogP contribution in [-0.4, -0.2) is 5.84 Å². The third-order valence-electron chi connectivity index (χ3n) is 12.2. The molecule has 5 heteroatoms. The average molecular weight is 765 g/mol. The minimum atomic E-state index is -0.206. The minimum Gasteiger partial charge on any atom is -0.464 e. The van der Waals surface area contributed by atoms with Crippen LogP contribution in [0.1, 0.15) is 59.2 Å². The van der Waals surface area contributed by atoms with Crippen LogP contribution in [0.25, 0.3) is 50.2 Å². The monoisotopic (exact) mass is 764 g/mol. The van der Waals surface area contributed by atoms with Gasteiger partial charge in [0.15, 0.2) is 6.23 Å². The first kappa shape index (κ1) is 35.2. The fraction of sp³-hybridized carbons (Fsp3) is 0.130. The van der Waals surface area contributed by atoms with Crippen LogP contribution in [0, 0.1) is 5.92 Å². The van der Waals surface area contributed by atoms with Crippen LogP contribution < -0.4 is 20.7 Å². The van der Waals surface area contributed by atoms with Gasteiger partial charge in [-0.05, 0) is 86.2 Å². The number of fused-ring (bicyclic) bond motifs is 3. The van der Waals surface area contributed by atoms with Crippen LogP contribution in [0.4, 0.5) is 5.69 Å². The molecule has 4 aliphatic rings. The number of amidine groups is 1. The highest BCUT2D eigenvalue weighted by Gasteiger charge is 2.29. The zero-order valence-electron chi connectivity index (χ0n) is 32.7. The Morgan fingerprint density at radius 2 is 1.27 bits per heavy atom. The van der Waals surface area contributed by atoms with Crippen molar-refractivity contribution in [2.75, 3.05) is 5.32 Å². The fourth-order valence-corrected chi connectivity index (χ4v) is 9.30. The molecule has 4 atom stereocenters. The summed E-state index contributed by atoms with van der Waals surface area (Å²) in [6.07, 6.45) is 16.0. The van der Waals surface area contributed by atoms with Crippen LogP contribution in [0.3, 0.4) is 0 Å². The van der Waals surface area contributed by atoms with Crippen molar-refractivity contribution in [1.82, 2.24) is 10.6 Å². The summed E-state index contributed by atoms with van der Waals surface area (Å²) in [5.74, 6) is 2.14. The van der Waals surface area contributed by atoms with E-state index in [2.05, 4.69) is 192 Å². The molecule has 0 radical (unpaired) electrons. The number of aliphatic imine (C=N–C) groups is 1. The predicted octanol–water partition coefficient (Wildman–Crippen LogP) is 12.7. The fourth-order valence-electron chi connectivity index (χ4n) is 9.30. The van der Waals surface area contributed by atoms with Crippen LogP contribution in [-0.2, 0) is 6.42 Å². The largest absolute Gasteiger partial charge is 0.464 e. The molecule has 286 valence electrons. The molecule has 0 aromatic heterocycles. The second kappa shape index (κ2) is 15.1. The van der Waals surface area contributed by atoms with Gasteiger partial charge in [-0.3, -0.25) is 5.32 Å². The van der Waals surface area contributed by atoms with Crippen molar-refractivity contribution in [3.63, 3.8) is 0 Å². The van der Waals surface area contributed by atoms with Gasteiger partial charge in [-0.1, -0.05) is 182 Å². The summed E-state index contributed by atoms with van der Waals surface area (Å²) < 4.78 is 6.36. The van der Waals surface area contributed by atoms with E-state index >= 15 is 0 Å². The lowest BCUT2D eigenvalue weighted by Crippen LogP contribution is -2.47. The zero-order valence-corrected chi connectivity index (χ0v) is 32.7. The van der Waals surface area contributed by atoms with Crippen molar-refractivity contribution in [1.29, 1.82) is 0 Å². The van der Waals surface area contributed by atoms with Crippen LogP contribution >= 0.6 is 0 Å². The molecule has 11 rings (SSSR count). The summed E-state index contributed by atoms with van der Waals surface area (Å²) in [6, 6.07) is 54.5. The number of para-hydroxylation sites is 1. The van der Waals surface area contributed by atoms with Gasteiger partial charge >= 0.3 is 0 Å².